The van der Waals surface area contributed by atoms with E-state index in [0.29, 0.717) is 0 Å². The minimum Gasteiger partial charge on any atom is -0.218 e. The summed E-state index contributed by atoms with van der Waals surface area (Å²) in [6.45, 7) is 2.15. The lowest BCUT2D eigenvalue weighted by Gasteiger charge is -1.85. The summed E-state index contributed by atoms with van der Waals surface area (Å²) in [5.74, 6) is 0. The molecule has 0 aromatic carbocycles. The van der Waals surface area contributed by atoms with E-state index in [0.717, 1.165) is 6.42 Å². The van der Waals surface area contributed by atoms with E-state index in [1.165, 1.54) is 5.56 Å². The maximum absolute atomic E-state index is 2.97. The predicted octanol–water partition coefficient (Wildman–Crippen LogP) is 1.70. The highest BCUT2D eigenvalue weighted by Gasteiger charge is 1.84. The average Bonchev–Trinajstić information content (AvgIpc) is 1.90. The third-order valence-electron chi connectivity index (χ3n) is 1.20. The van der Waals surface area contributed by atoms with Gasteiger partial charge in [-0.25, -0.2) is 4.98 Å². The van der Waals surface area contributed by atoms with Crippen molar-refractivity contribution in [2.75, 3.05) is 0 Å². The van der Waals surface area contributed by atoms with E-state index in [4.69, 9.17) is 0 Å². The van der Waals surface area contributed by atoms with Gasteiger partial charge in [0.25, 0.3) is 0 Å². The standard InChI is InChI=1S/C7H9N.CH4/c1-2-7-3-5-8-6-4-7;/h3-6H,2H2,1H3;1H4/p+1. The maximum atomic E-state index is 2.97. The molecular formula is C8H14N+. The average molecular weight is 124 g/mol. The maximum Gasteiger partial charge on any atom is 0.167 e. The van der Waals surface area contributed by atoms with Gasteiger partial charge < -0.3 is 0 Å². The van der Waals surface area contributed by atoms with Crippen molar-refractivity contribution >= 4 is 0 Å². The molecule has 0 radical (unpaired) electrons. The van der Waals surface area contributed by atoms with Gasteiger partial charge in [-0.05, 0) is 12.0 Å². The smallest absolute Gasteiger partial charge is 0.167 e. The second kappa shape index (κ2) is 4.07. The molecule has 1 nitrogen and oxygen atoms in total. The van der Waals surface area contributed by atoms with Gasteiger partial charge in [0.05, 0.1) is 0 Å². The molecule has 1 aromatic heterocycles. The zero-order valence-electron chi connectivity index (χ0n) is 5.02. The SMILES string of the molecule is C.CCc1cc[nH+]cc1. The highest BCUT2D eigenvalue weighted by Crippen LogP contribution is 1.92. The Morgan fingerprint density at radius 3 is 2.22 bits per heavy atom. The number of rotatable bonds is 1. The molecule has 0 aliphatic heterocycles. The van der Waals surface area contributed by atoms with E-state index in [1.54, 1.807) is 0 Å². The van der Waals surface area contributed by atoms with Gasteiger partial charge in [0, 0.05) is 12.1 Å². The number of aromatic nitrogens is 1. The molecule has 1 aromatic rings. The molecule has 0 amide bonds. The zero-order chi connectivity index (χ0) is 5.82. The molecule has 0 bridgehead atoms. The van der Waals surface area contributed by atoms with Crippen LogP contribution in [0.15, 0.2) is 24.5 Å². The summed E-state index contributed by atoms with van der Waals surface area (Å²) in [6.07, 6.45) is 5.01. The largest absolute Gasteiger partial charge is 0.218 e. The third-order valence-corrected chi connectivity index (χ3v) is 1.20. The highest BCUT2D eigenvalue weighted by molar-refractivity contribution is 5.05. The van der Waals surface area contributed by atoms with Crippen molar-refractivity contribution in [3.63, 3.8) is 0 Å². The first-order chi connectivity index (χ1) is 3.93. The van der Waals surface area contributed by atoms with Crippen molar-refractivity contribution < 1.29 is 4.98 Å². The molecule has 1 rings (SSSR count). The summed E-state index contributed by atoms with van der Waals surface area (Å²) in [4.78, 5) is 2.97. The summed E-state index contributed by atoms with van der Waals surface area (Å²) < 4.78 is 0. The molecule has 0 unspecified atom stereocenters. The van der Waals surface area contributed by atoms with Gasteiger partial charge >= 0.3 is 0 Å². The summed E-state index contributed by atoms with van der Waals surface area (Å²) >= 11 is 0. The van der Waals surface area contributed by atoms with Crippen LogP contribution in [-0.4, -0.2) is 0 Å². The van der Waals surface area contributed by atoms with Crippen LogP contribution in [0.25, 0.3) is 0 Å². The van der Waals surface area contributed by atoms with Crippen molar-refractivity contribution in [3.05, 3.63) is 30.1 Å². The zero-order valence-corrected chi connectivity index (χ0v) is 5.02. The molecule has 1 N–H and O–H groups in total. The molecule has 0 saturated heterocycles. The Balaban J connectivity index is 0.000000640. The molecule has 1 heteroatoms. The van der Waals surface area contributed by atoms with E-state index in [9.17, 15) is 0 Å². The van der Waals surface area contributed by atoms with E-state index in [-0.39, 0.29) is 7.43 Å². The Kier molecular flexibility index (Phi) is 3.69. The summed E-state index contributed by atoms with van der Waals surface area (Å²) in [7, 11) is 0. The van der Waals surface area contributed by atoms with Crippen LogP contribution in [0.3, 0.4) is 0 Å². The Morgan fingerprint density at radius 1 is 1.33 bits per heavy atom. The minimum atomic E-state index is 0. The predicted molar refractivity (Wildman–Crippen MR) is 39.1 cm³/mol. The van der Waals surface area contributed by atoms with E-state index in [2.05, 4.69) is 24.0 Å². The molecule has 0 saturated carbocycles. The van der Waals surface area contributed by atoms with E-state index >= 15 is 0 Å². The molecule has 9 heavy (non-hydrogen) atoms. The van der Waals surface area contributed by atoms with Gasteiger partial charge in [0.1, 0.15) is 0 Å². The molecule has 0 spiro atoms. The van der Waals surface area contributed by atoms with E-state index < -0.39 is 0 Å². The monoisotopic (exact) mass is 124 g/mol. The van der Waals surface area contributed by atoms with Crippen molar-refractivity contribution in [2.24, 2.45) is 0 Å². The number of nitrogens with one attached hydrogen (secondary N) is 1. The fourth-order valence-electron chi connectivity index (χ4n) is 0.657. The van der Waals surface area contributed by atoms with Crippen LogP contribution in [-0.2, 0) is 6.42 Å². The molecule has 0 fully saturated rings. The first kappa shape index (κ1) is 8.15. The Hall–Kier alpha value is -0.850. The molecule has 0 aliphatic rings. The lowest BCUT2D eigenvalue weighted by atomic mass is 10.2. The van der Waals surface area contributed by atoms with Crippen LogP contribution in [0.1, 0.15) is 19.9 Å². The minimum absolute atomic E-state index is 0. The van der Waals surface area contributed by atoms with Crippen molar-refractivity contribution in [3.8, 4) is 0 Å². The van der Waals surface area contributed by atoms with Crippen molar-refractivity contribution in [1.82, 2.24) is 0 Å². The summed E-state index contributed by atoms with van der Waals surface area (Å²) in [5, 5.41) is 0. The topological polar surface area (TPSA) is 14.1 Å². The fraction of sp³-hybridized carbons (Fsp3) is 0.375. The molecule has 50 valence electrons. The number of hydrogen-bond acceptors (Lipinski definition) is 0. The first-order valence-corrected chi connectivity index (χ1v) is 2.88. The van der Waals surface area contributed by atoms with Gasteiger partial charge in [-0.15, -0.1) is 0 Å². The Bertz CT molecular complexity index is 146. The number of aromatic amines is 1. The summed E-state index contributed by atoms with van der Waals surface area (Å²) in [6, 6.07) is 4.17. The van der Waals surface area contributed by atoms with Crippen molar-refractivity contribution in [1.29, 1.82) is 0 Å². The number of H-pyrrole nitrogens is 1. The quantitative estimate of drug-likeness (QED) is 0.541. The second-order valence-electron chi connectivity index (χ2n) is 1.76. The fourth-order valence-corrected chi connectivity index (χ4v) is 0.657. The van der Waals surface area contributed by atoms with Crippen LogP contribution in [0.5, 0.6) is 0 Å². The van der Waals surface area contributed by atoms with Gasteiger partial charge in [-0.1, -0.05) is 14.4 Å². The third kappa shape index (κ3) is 2.27. The molecule has 0 aliphatic carbocycles. The first-order valence-electron chi connectivity index (χ1n) is 2.88. The summed E-state index contributed by atoms with van der Waals surface area (Å²) in [5.41, 5.74) is 1.38. The van der Waals surface area contributed by atoms with Gasteiger partial charge in [-0.3, -0.25) is 0 Å². The van der Waals surface area contributed by atoms with Crippen molar-refractivity contribution in [2.45, 2.75) is 20.8 Å². The lowest BCUT2D eigenvalue weighted by molar-refractivity contribution is -0.378. The lowest BCUT2D eigenvalue weighted by Crippen LogP contribution is -1.97. The van der Waals surface area contributed by atoms with Crippen LogP contribution in [0, 0.1) is 0 Å². The number of hydrogen-bond donors (Lipinski definition) is 0. The second-order valence-corrected chi connectivity index (χ2v) is 1.76. The highest BCUT2D eigenvalue weighted by atomic mass is 14.6. The van der Waals surface area contributed by atoms with Gasteiger partial charge in [-0.2, -0.15) is 0 Å². The van der Waals surface area contributed by atoms with Crippen LogP contribution >= 0.6 is 0 Å². The van der Waals surface area contributed by atoms with Gasteiger partial charge in [0.2, 0.25) is 0 Å². The van der Waals surface area contributed by atoms with Crippen LogP contribution in [0.4, 0.5) is 0 Å². The van der Waals surface area contributed by atoms with Crippen LogP contribution < -0.4 is 4.98 Å². The van der Waals surface area contributed by atoms with Crippen LogP contribution in [0.2, 0.25) is 0 Å². The normalized spacial score (nSPS) is 8.11. The molecular weight excluding hydrogens is 110 g/mol. The number of pyridine rings is 1. The molecule has 1 heterocycles. The molecule has 0 atom stereocenters. The Morgan fingerprint density at radius 2 is 1.89 bits per heavy atom. The van der Waals surface area contributed by atoms with E-state index in [1.807, 2.05) is 12.4 Å². The number of aryl methyl sites for hydroxylation is 1. The Labute approximate surface area is 56.8 Å². The van der Waals surface area contributed by atoms with Gasteiger partial charge in [0.15, 0.2) is 12.4 Å².